The summed E-state index contributed by atoms with van der Waals surface area (Å²) < 4.78 is 21.3. The second-order valence-electron chi connectivity index (χ2n) is 8.94. The Kier molecular flexibility index (Phi) is 7.43. The predicted molar refractivity (Wildman–Crippen MR) is 117 cm³/mol. The van der Waals surface area contributed by atoms with Crippen LogP contribution in [-0.2, 0) is 23.8 Å². The van der Waals surface area contributed by atoms with Crippen LogP contribution in [0.15, 0.2) is 23.8 Å². The second-order valence-corrected chi connectivity index (χ2v) is 8.94. The number of aliphatic hydroxyl groups excluding tert-OH is 4. The van der Waals surface area contributed by atoms with Crippen LogP contribution in [0.5, 0.6) is 11.5 Å². The number of aliphatic hydroxyl groups is 4. The Labute approximate surface area is 200 Å². The summed E-state index contributed by atoms with van der Waals surface area (Å²) in [6, 6.07) is 3.28. The molecule has 35 heavy (non-hydrogen) atoms. The average molecular weight is 495 g/mol. The number of Topliss-reactive ketones (excluding diaryl/α,β-unsaturated/α-hetero) is 1. The molecule has 3 aliphatic rings. The molecule has 1 aliphatic carbocycles. The zero-order valence-corrected chi connectivity index (χ0v) is 19.1. The van der Waals surface area contributed by atoms with E-state index in [2.05, 4.69) is 5.32 Å². The van der Waals surface area contributed by atoms with Crippen molar-refractivity contribution in [1.29, 1.82) is 0 Å². The highest BCUT2D eigenvalue weighted by molar-refractivity contribution is 5.97. The molecule has 0 aromatic heterocycles. The lowest BCUT2D eigenvalue weighted by molar-refractivity contribution is -0.141. The van der Waals surface area contributed by atoms with Gasteiger partial charge in [0, 0.05) is 12.0 Å². The smallest absolute Gasteiger partial charge is 0.247 e. The number of carbonyl (C=O) groups excluding carboxylic acids is 2. The number of phenolic OH excluding ortho intramolecular Hbond substituents is 1. The fourth-order valence-corrected chi connectivity index (χ4v) is 4.44. The van der Waals surface area contributed by atoms with E-state index in [0.29, 0.717) is 5.56 Å². The van der Waals surface area contributed by atoms with Crippen molar-refractivity contribution in [2.75, 3.05) is 6.79 Å². The van der Waals surface area contributed by atoms with Gasteiger partial charge in [0.25, 0.3) is 0 Å². The first-order valence-corrected chi connectivity index (χ1v) is 11.2. The van der Waals surface area contributed by atoms with Crippen molar-refractivity contribution in [1.82, 2.24) is 5.32 Å². The number of nitrogens with one attached hydrogen (secondary N) is 1. The van der Waals surface area contributed by atoms with Gasteiger partial charge in [0.15, 0.2) is 17.3 Å². The molecule has 2 heterocycles. The van der Waals surface area contributed by atoms with Crippen LogP contribution in [0, 0.1) is 0 Å². The van der Waals surface area contributed by atoms with Crippen molar-refractivity contribution in [3.05, 3.63) is 29.3 Å². The molecule has 12 nitrogen and oxygen atoms in total. The van der Waals surface area contributed by atoms with Crippen LogP contribution in [0.3, 0.4) is 0 Å². The molecule has 1 amide bonds. The Hall–Kier alpha value is -2.58. The number of hydrogen-bond donors (Lipinski definition) is 6. The zero-order valence-electron chi connectivity index (χ0n) is 19.1. The number of rotatable bonds is 6. The van der Waals surface area contributed by atoms with E-state index < -0.39 is 66.8 Å². The minimum atomic E-state index is -1.49. The van der Waals surface area contributed by atoms with Gasteiger partial charge in [-0.25, -0.2) is 0 Å². The molecular weight excluding hydrogens is 466 g/mol. The maximum absolute atomic E-state index is 12.7. The number of aromatic hydroxyl groups is 1. The van der Waals surface area contributed by atoms with Crippen LogP contribution in [0.2, 0.25) is 0 Å². The number of ketones is 1. The molecule has 0 spiro atoms. The lowest BCUT2D eigenvalue weighted by Crippen LogP contribution is -2.61. The maximum atomic E-state index is 12.7. The van der Waals surface area contributed by atoms with E-state index in [0.717, 1.165) is 0 Å². The van der Waals surface area contributed by atoms with E-state index in [1.54, 1.807) is 0 Å². The number of amides is 1. The third kappa shape index (κ3) is 5.19. The van der Waals surface area contributed by atoms with Crippen LogP contribution in [0.4, 0.5) is 0 Å². The molecule has 1 saturated carbocycles. The van der Waals surface area contributed by atoms with E-state index >= 15 is 0 Å². The molecule has 3 fully saturated rings. The lowest BCUT2D eigenvalue weighted by Gasteiger charge is -2.38. The molecule has 192 valence electrons. The van der Waals surface area contributed by atoms with Crippen molar-refractivity contribution in [3.63, 3.8) is 0 Å². The summed E-state index contributed by atoms with van der Waals surface area (Å²) in [4.78, 5) is 24.2. The molecule has 1 aromatic carbocycles. The van der Waals surface area contributed by atoms with Crippen molar-refractivity contribution in [2.24, 2.45) is 0 Å². The number of carbonyl (C=O) groups is 2. The summed E-state index contributed by atoms with van der Waals surface area (Å²) >= 11 is 0. The average Bonchev–Trinajstić information content (AvgIpc) is 3.38. The van der Waals surface area contributed by atoms with Gasteiger partial charge < -0.3 is 49.8 Å². The summed E-state index contributed by atoms with van der Waals surface area (Å²) in [6.07, 6.45) is -7.06. The summed E-state index contributed by atoms with van der Waals surface area (Å²) in [6.45, 7) is 2.76. The lowest BCUT2D eigenvalue weighted by atomic mass is 9.85. The molecule has 2 saturated heterocycles. The highest BCUT2D eigenvalue weighted by atomic mass is 16.7. The number of phenols is 1. The molecule has 12 heteroatoms. The van der Waals surface area contributed by atoms with E-state index in [1.165, 1.54) is 38.1 Å². The van der Waals surface area contributed by atoms with E-state index in [-0.39, 0.29) is 30.3 Å². The minimum Gasteiger partial charge on any atom is -0.504 e. The minimum absolute atomic E-state index is 0.0195. The first-order chi connectivity index (χ1) is 16.6. The van der Waals surface area contributed by atoms with Gasteiger partial charge in [-0.2, -0.15) is 0 Å². The van der Waals surface area contributed by atoms with E-state index in [9.17, 15) is 35.1 Å². The van der Waals surface area contributed by atoms with E-state index in [1.807, 2.05) is 0 Å². The Morgan fingerprint density at radius 2 is 1.83 bits per heavy atom. The van der Waals surface area contributed by atoms with Crippen molar-refractivity contribution in [3.8, 4) is 11.5 Å². The fourth-order valence-electron chi connectivity index (χ4n) is 4.44. The molecule has 9 atom stereocenters. The highest BCUT2D eigenvalue weighted by Gasteiger charge is 2.48. The zero-order chi connectivity index (χ0) is 25.4. The normalized spacial score (nSPS) is 37.1. The number of fused-ring (bicyclic) bond motifs is 1. The van der Waals surface area contributed by atoms with E-state index in [4.69, 9.17) is 18.9 Å². The monoisotopic (exact) mass is 495 g/mol. The molecule has 0 unspecified atom stereocenters. The molecule has 0 bridgehead atoms. The van der Waals surface area contributed by atoms with Crippen molar-refractivity contribution in [2.45, 2.75) is 75.3 Å². The Bertz CT molecular complexity index is 998. The van der Waals surface area contributed by atoms with Gasteiger partial charge in [0.2, 0.25) is 12.2 Å². The molecule has 2 aliphatic heterocycles. The summed E-state index contributed by atoms with van der Waals surface area (Å²) in [5.41, 5.74) is 0.680. The van der Waals surface area contributed by atoms with Gasteiger partial charge in [0.1, 0.15) is 37.3 Å². The van der Waals surface area contributed by atoms with Gasteiger partial charge in [-0.1, -0.05) is 6.07 Å². The Morgan fingerprint density at radius 3 is 2.49 bits per heavy atom. The predicted octanol–water partition coefficient (Wildman–Crippen LogP) is -1.44. The first-order valence-electron chi connectivity index (χ1n) is 11.2. The van der Waals surface area contributed by atoms with Gasteiger partial charge in [-0.05, 0) is 37.6 Å². The fraction of sp³-hybridized carbons (Fsp3) is 0.565. The van der Waals surface area contributed by atoms with Gasteiger partial charge >= 0.3 is 0 Å². The SMILES string of the molecule is CC(=O)[C@H]1O[C@@H](Oc2ccc(/C=C(\C)C(=O)N[C@H]3[C@@H](O)[C@@H]4OCO[C@@H]4C[C@H]3O)cc2O)[C@@H](O)[C@@H]1O. The Balaban J connectivity index is 1.40. The molecule has 4 rings (SSSR count). The Morgan fingerprint density at radius 1 is 1.09 bits per heavy atom. The third-order valence-corrected chi connectivity index (χ3v) is 6.39. The van der Waals surface area contributed by atoms with Crippen LogP contribution in [0.1, 0.15) is 25.8 Å². The number of ether oxygens (including phenoxy) is 4. The standard InChI is InChI=1S/C23H29NO11/c1-9(22(31)24-16-13(27)7-15-21(17(16)28)33-8-32-15)5-11-3-4-14(12(26)6-11)34-23-19(30)18(29)20(35-23)10(2)25/h3-6,13,15-21,23,26-30H,7-8H2,1-2H3,(H,24,31)/b9-5+/t13-,15-,16-,17-,18+,19+,20-,21-,23-/m1/s1. The quantitative estimate of drug-likeness (QED) is 0.254. The van der Waals surface area contributed by atoms with Gasteiger partial charge in [-0.15, -0.1) is 0 Å². The van der Waals surface area contributed by atoms with Crippen LogP contribution < -0.4 is 10.1 Å². The van der Waals surface area contributed by atoms with Crippen molar-refractivity contribution >= 4 is 17.8 Å². The highest BCUT2D eigenvalue weighted by Crippen LogP contribution is 2.33. The number of benzene rings is 1. The summed E-state index contributed by atoms with van der Waals surface area (Å²) in [5.74, 6) is -1.40. The van der Waals surface area contributed by atoms with Crippen LogP contribution in [0.25, 0.3) is 6.08 Å². The topological polar surface area (TPSA) is 184 Å². The number of hydrogen-bond acceptors (Lipinski definition) is 11. The largest absolute Gasteiger partial charge is 0.504 e. The molecule has 0 radical (unpaired) electrons. The second kappa shape index (κ2) is 10.2. The van der Waals surface area contributed by atoms with Gasteiger partial charge in [-0.3, -0.25) is 9.59 Å². The van der Waals surface area contributed by atoms with Crippen LogP contribution >= 0.6 is 0 Å². The third-order valence-electron chi connectivity index (χ3n) is 6.39. The summed E-state index contributed by atoms with van der Waals surface area (Å²) in [5, 5.41) is 53.7. The summed E-state index contributed by atoms with van der Waals surface area (Å²) in [7, 11) is 0. The maximum Gasteiger partial charge on any atom is 0.247 e. The van der Waals surface area contributed by atoms with Crippen LogP contribution in [-0.4, -0.2) is 99.1 Å². The molecule has 6 N–H and O–H groups in total. The first kappa shape index (κ1) is 25.5. The van der Waals surface area contributed by atoms with Gasteiger partial charge in [0.05, 0.1) is 18.2 Å². The van der Waals surface area contributed by atoms with Crippen molar-refractivity contribution < 1.29 is 54.1 Å². The molecule has 1 aromatic rings. The molecular formula is C23H29NO11.